The Morgan fingerprint density at radius 2 is 2.00 bits per heavy atom. The number of aliphatic hydroxyl groups is 1. The fourth-order valence-corrected chi connectivity index (χ4v) is 2.37. The molecule has 0 amide bonds. The number of rotatable bonds is 1. The maximum absolute atomic E-state index is 10.0. The number of hydrogen-bond acceptors (Lipinski definition) is 4. The van der Waals surface area contributed by atoms with Gasteiger partial charge in [-0.25, -0.2) is 0 Å². The fourth-order valence-electron chi connectivity index (χ4n) is 2.37. The molecular weight excluding hydrogens is 216 g/mol. The van der Waals surface area contributed by atoms with Gasteiger partial charge in [0.15, 0.2) is 0 Å². The molecule has 15 heavy (non-hydrogen) atoms. The van der Waals surface area contributed by atoms with Crippen LogP contribution in [0.5, 0.6) is 0 Å². The minimum absolute atomic E-state index is 0. The van der Waals surface area contributed by atoms with Crippen molar-refractivity contribution >= 4 is 12.4 Å². The van der Waals surface area contributed by atoms with Crippen LogP contribution in [0.1, 0.15) is 13.3 Å². The first-order valence-electron chi connectivity index (χ1n) is 5.53. The second-order valence-electron chi connectivity index (χ2n) is 4.21. The lowest BCUT2D eigenvalue weighted by molar-refractivity contribution is -0.111. The summed E-state index contributed by atoms with van der Waals surface area (Å²) in [6.45, 7) is 6.92. The minimum atomic E-state index is -0.318. The number of piperazine rings is 1. The van der Waals surface area contributed by atoms with Gasteiger partial charge in [-0.05, 0) is 13.3 Å². The predicted octanol–water partition coefficient (Wildman–Crippen LogP) is -0.148. The van der Waals surface area contributed by atoms with Crippen LogP contribution in [0.25, 0.3) is 0 Å². The summed E-state index contributed by atoms with van der Waals surface area (Å²) in [5, 5.41) is 13.3. The van der Waals surface area contributed by atoms with Gasteiger partial charge in [0, 0.05) is 38.8 Å². The average molecular weight is 237 g/mol. The molecule has 4 nitrogen and oxygen atoms in total. The third kappa shape index (κ3) is 3.04. The highest BCUT2D eigenvalue weighted by molar-refractivity contribution is 5.85. The summed E-state index contributed by atoms with van der Waals surface area (Å²) in [4.78, 5) is 2.39. The number of ether oxygens (including phenoxy) is 1. The van der Waals surface area contributed by atoms with Gasteiger partial charge in [-0.3, -0.25) is 4.90 Å². The zero-order valence-corrected chi connectivity index (χ0v) is 10.0. The van der Waals surface area contributed by atoms with Gasteiger partial charge in [-0.15, -0.1) is 12.4 Å². The Balaban J connectivity index is 0.00000112. The normalized spacial score (nSPS) is 38.4. The van der Waals surface area contributed by atoms with Crippen LogP contribution in [0.2, 0.25) is 0 Å². The van der Waals surface area contributed by atoms with E-state index in [1.807, 2.05) is 6.92 Å². The zero-order valence-electron chi connectivity index (χ0n) is 9.19. The molecule has 0 radical (unpaired) electrons. The molecule has 0 bridgehead atoms. The van der Waals surface area contributed by atoms with E-state index in [4.69, 9.17) is 4.74 Å². The Hall–Kier alpha value is 0.130. The van der Waals surface area contributed by atoms with E-state index in [1.54, 1.807) is 0 Å². The monoisotopic (exact) mass is 236 g/mol. The van der Waals surface area contributed by atoms with E-state index in [0.717, 1.165) is 39.2 Å². The van der Waals surface area contributed by atoms with E-state index in [2.05, 4.69) is 10.2 Å². The molecule has 2 heterocycles. The standard InChI is InChI=1S/C10H20N2O2.ClH/c1-8-10(13)9(2-7-14-8)12-5-3-11-4-6-12;/h8-11,13H,2-7H2,1H3;1H. The Morgan fingerprint density at radius 1 is 1.33 bits per heavy atom. The van der Waals surface area contributed by atoms with Crippen LogP contribution in [0, 0.1) is 0 Å². The quantitative estimate of drug-likeness (QED) is 0.665. The fraction of sp³-hybridized carbons (Fsp3) is 1.00. The number of halogens is 1. The first kappa shape index (κ1) is 13.2. The Labute approximate surface area is 97.4 Å². The molecule has 0 spiro atoms. The smallest absolute Gasteiger partial charge is 0.0954 e. The van der Waals surface area contributed by atoms with E-state index >= 15 is 0 Å². The van der Waals surface area contributed by atoms with E-state index in [-0.39, 0.29) is 24.6 Å². The van der Waals surface area contributed by atoms with Crippen LogP contribution >= 0.6 is 12.4 Å². The summed E-state index contributed by atoms with van der Waals surface area (Å²) in [7, 11) is 0. The van der Waals surface area contributed by atoms with Crippen molar-refractivity contribution in [3.8, 4) is 0 Å². The maximum atomic E-state index is 10.0. The van der Waals surface area contributed by atoms with Crippen LogP contribution in [0.15, 0.2) is 0 Å². The molecule has 2 aliphatic heterocycles. The van der Waals surface area contributed by atoms with E-state index in [0.29, 0.717) is 6.04 Å². The molecule has 2 N–H and O–H groups in total. The van der Waals surface area contributed by atoms with Crippen molar-refractivity contribution in [2.45, 2.75) is 31.6 Å². The van der Waals surface area contributed by atoms with Gasteiger partial charge in [-0.2, -0.15) is 0 Å². The summed E-state index contributed by atoms with van der Waals surface area (Å²) >= 11 is 0. The van der Waals surface area contributed by atoms with Gasteiger partial charge in [0.25, 0.3) is 0 Å². The molecule has 0 aromatic carbocycles. The molecule has 2 aliphatic rings. The molecule has 3 unspecified atom stereocenters. The molecule has 2 fully saturated rings. The zero-order chi connectivity index (χ0) is 9.97. The third-order valence-corrected chi connectivity index (χ3v) is 3.29. The van der Waals surface area contributed by atoms with Crippen molar-refractivity contribution in [3.63, 3.8) is 0 Å². The summed E-state index contributed by atoms with van der Waals surface area (Å²) in [6, 6.07) is 0.306. The Bertz CT molecular complexity index is 188. The maximum Gasteiger partial charge on any atom is 0.0954 e. The van der Waals surface area contributed by atoms with Gasteiger partial charge in [0.2, 0.25) is 0 Å². The van der Waals surface area contributed by atoms with Crippen molar-refractivity contribution in [3.05, 3.63) is 0 Å². The number of aliphatic hydroxyl groups excluding tert-OH is 1. The van der Waals surface area contributed by atoms with E-state index in [9.17, 15) is 5.11 Å². The van der Waals surface area contributed by atoms with Crippen LogP contribution in [-0.4, -0.2) is 61.0 Å². The van der Waals surface area contributed by atoms with Crippen LogP contribution < -0.4 is 5.32 Å². The highest BCUT2D eigenvalue weighted by Gasteiger charge is 2.34. The number of nitrogens with one attached hydrogen (secondary N) is 1. The van der Waals surface area contributed by atoms with Crippen molar-refractivity contribution in [2.75, 3.05) is 32.8 Å². The molecule has 0 aromatic heterocycles. The molecular formula is C10H21ClN2O2. The molecule has 3 atom stereocenters. The highest BCUT2D eigenvalue weighted by atomic mass is 35.5. The van der Waals surface area contributed by atoms with E-state index < -0.39 is 0 Å². The molecule has 2 saturated heterocycles. The molecule has 0 aliphatic carbocycles. The minimum Gasteiger partial charge on any atom is -0.389 e. The van der Waals surface area contributed by atoms with Gasteiger partial charge in [-0.1, -0.05) is 0 Å². The third-order valence-electron chi connectivity index (χ3n) is 3.29. The van der Waals surface area contributed by atoms with Crippen LogP contribution in [-0.2, 0) is 4.74 Å². The number of hydrogen-bond donors (Lipinski definition) is 2. The second-order valence-corrected chi connectivity index (χ2v) is 4.21. The van der Waals surface area contributed by atoms with Crippen molar-refractivity contribution < 1.29 is 9.84 Å². The van der Waals surface area contributed by atoms with Gasteiger partial charge in [0.1, 0.15) is 0 Å². The van der Waals surface area contributed by atoms with Gasteiger partial charge >= 0.3 is 0 Å². The first-order chi connectivity index (χ1) is 6.79. The van der Waals surface area contributed by atoms with E-state index in [1.165, 1.54) is 0 Å². The lowest BCUT2D eigenvalue weighted by Crippen LogP contribution is -2.57. The Morgan fingerprint density at radius 3 is 2.67 bits per heavy atom. The van der Waals surface area contributed by atoms with Crippen LogP contribution in [0.4, 0.5) is 0 Å². The highest BCUT2D eigenvalue weighted by Crippen LogP contribution is 2.19. The Kier molecular flexibility index (Phi) is 5.29. The molecule has 5 heteroatoms. The van der Waals surface area contributed by atoms with Gasteiger partial charge in [0.05, 0.1) is 12.2 Å². The second kappa shape index (κ2) is 6.01. The SMILES string of the molecule is CC1OCCC(N2CCNCC2)C1O.Cl. The average Bonchev–Trinajstić information content (AvgIpc) is 2.23. The largest absolute Gasteiger partial charge is 0.389 e. The summed E-state index contributed by atoms with van der Waals surface area (Å²) in [5.74, 6) is 0. The lowest BCUT2D eigenvalue weighted by atomic mass is 9.98. The summed E-state index contributed by atoms with van der Waals surface area (Å²) in [6.07, 6.45) is 0.636. The molecule has 2 rings (SSSR count). The lowest BCUT2D eigenvalue weighted by Gasteiger charge is -2.42. The van der Waals surface area contributed by atoms with Crippen molar-refractivity contribution in [2.24, 2.45) is 0 Å². The number of nitrogens with zero attached hydrogens (tertiary/aromatic N) is 1. The summed E-state index contributed by atoms with van der Waals surface area (Å²) in [5.41, 5.74) is 0. The first-order valence-corrected chi connectivity index (χ1v) is 5.53. The molecule has 90 valence electrons. The molecule has 0 aromatic rings. The summed E-state index contributed by atoms with van der Waals surface area (Å²) < 4.78 is 5.42. The van der Waals surface area contributed by atoms with Crippen molar-refractivity contribution in [1.82, 2.24) is 10.2 Å². The molecule has 0 saturated carbocycles. The predicted molar refractivity (Wildman–Crippen MR) is 61.5 cm³/mol. The van der Waals surface area contributed by atoms with Crippen LogP contribution in [0.3, 0.4) is 0 Å². The van der Waals surface area contributed by atoms with Gasteiger partial charge < -0.3 is 15.2 Å². The topological polar surface area (TPSA) is 44.7 Å². The van der Waals surface area contributed by atoms with Crippen molar-refractivity contribution in [1.29, 1.82) is 0 Å².